The van der Waals surface area contributed by atoms with E-state index >= 15 is 0 Å². The first kappa shape index (κ1) is 24.4. The minimum absolute atomic E-state index is 0.00801. The van der Waals surface area contributed by atoms with Gasteiger partial charge in [-0.1, -0.05) is 24.3 Å². The third-order valence-electron chi connectivity index (χ3n) is 7.09. The Morgan fingerprint density at radius 2 is 1.70 bits per heavy atom. The van der Waals surface area contributed by atoms with Gasteiger partial charge in [0.15, 0.2) is 5.96 Å². The number of benzene rings is 3. The van der Waals surface area contributed by atoms with Crippen LogP contribution in [0, 0.1) is 10.8 Å². The molecule has 0 saturated carbocycles. The van der Waals surface area contributed by atoms with Crippen molar-refractivity contribution >= 4 is 33.6 Å². The lowest BCUT2D eigenvalue weighted by molar-refractivity contribution is 0.130. The quantitative estimate of drug-likeness (QED) is 0.237. The number of hydrogen-bond donors (Lipinski definition) is 4. The van der Waals surface area contributed by atoms with Crippen molar-refractivity contribution in [1.29, 1.82) is 10.8 Å². The molecule has 37 heavy (non-hydrogen) atoms. The Morgan fingerprint density at radius 3 is 2.38 bits per heavy atom. The Kier molecular flexibility index (Phi) is 6.37. The average Bonchev–Trinajstić information content (AvgIpc) is 3.14. The van der Waals surface area contributed by atoms with E-state index in [2.05, 4.69) is 6.07 Å². The van der Waals surface area contributed by atoms with E-state index < -0.39 is 0 Å². The van der Waals surface area contributed by atoms with Crippen LogP contribution >= 0.6 is 0 Å². The van der Waals surface area contributed by atoms with E-state index in [1.165, 1.54) is 0 Å². The molecule has 0 radical (unpaired) electrons. The van der Waals surface area contributed by atoms with Crippen LogP contribution in [0.4, 0.5) is 0 Å². The van der Waals surface area contributed by atoms with Crippen LogP contribution in [0.25, 0.3) is 21.8 Å². The fraction of sp³-hybridized carbons (Fsp3) is 0.321. The second-order valence-corrected chi connectivity index (χ2v) is 9.98. The molecule has 6 N–H and O–H groups in total. The minimum Gasteiger partial charge on any atom is -0.490 e. The summed E-state index contributed by atoms with van der Waals surface area (Å²) in [4.78, 5) is 15.4. The summed E-state index contributed by atoms with van der Waals surface area (Å²) < 4.78 is 9.93. The number of guanidine groups is 1. The summed E-state index contributed by atoms with van der Waals surface area (Å²) in [5.41, 5.74) is 14.6. The highest BCUT2D eigenvalue weighted by atomic mass is 16.5. The van der Waals surface area contributed by atoms with Gasteiger partial charge in [0.25, 0.3) is 0 Å². The molecule has 4 aromatic rings. The Hall–Kier alpha value is -4.27. The molecule has 9 nitrogen and oxygen atoms in total. The highest BCUT2D eigenvalue weighted by Crippen LogP contribution is 2.26. The SMILES string of the molecule is CC(C)n1c(=O)n(Cc2ccc3ccc(C(=N)N)cc3c2)c2cc(OC3CCN(C(=N)N)CC3)ccc21. The molecule has 5 rings (SSSR count). The van der Waals surface area contributed by atoms with Gasteiger partial charge in [-0.25, -0.2) is 4.79 Å². The number of nitrogen functional groups attached to an aromatic ring is 1. The van der Waals surface area contributed by atoms with E-state index in [0.29, 0.717) is 25.2 Å². The maximum atomic E-state index is 13.5. The second-order valence-electron chi connectivity index (χ2n) is 9.98. The standard InChI is InChI=1S/C28H33N7O2/c1-17(2)35-24-8-7-23(37-22-9-11-33(12-10-22)27(31)32)15-25(24)34(28(35)36)16-18-3-4-19-5-6-20(26(29)30)14-21(19)13-18/h3-8,13-15,17,22H,9-12,16H2,1-2H3,(H3,29,30)(H3,31,32). The third-order valence-corrected chi connectivity index (χ3v) is 7.09. The van der Waals surface area contributed by atoms with Crippen LogP contribution in [0.3, 0.4) is 0 Å². The summed E-state index contributed by atoms with van der Waals surface area (Å²) >= 11 is 0. The number of likely N-dealkylation sites (tertiary alicyclic amines) is 1. The molecule has 192 valence electrons. The molecule has 1 aliphatic heterocycles. The molecule has 0 spiro atoms. The molecule has 9 heteroatoms. The van der Waals surface area contributed by atoms with Crippen molar-refractivity contribution in [3.8, 4) is 5.75 Å². The summed E-state index contributed by atoms with van der Waals surface area (Å²) in [5, 5.41) is 17.4. The lowest BCUT2D eigenvalue weighted by Gasteiger charge is -2.32. The molecule has 0 atom stereocenters. The zero-order valence-electron chi connectivity index (χ0n) is 21.2. The summed E-state index contributed by atoms with van der Waals surface area (Å²) in [6, 6.07) is 17.7. The van der Waals surface area contributed by atoms with Gasteiger partial charge in [-0.15, -0.1) is 0 Å². The number of ether oxygens (including phenoxy) is 1. The number of rotatable bonds is 6. The van der Waals surface area contributed by atoms with Crippen LogP contribution < -0.4 is 21.9 Å². The van der Waals surface area contributed by atoms with Crippen LogP contribution in [0.5, 0.6) is 5.75 Å². The van der Waals surface area contributed by atoms with Gasteiger partial charge in [-0.2, -0.15) is 0 Å². The molecule has 0 aliphatic carbocycles. The first-order valence-corrected chi connectivity index (χ1v) is 12.6. The Bertz CT molecular complexity index is 1560. The van der Waals surface area contributed by atoms with Gasteiger partial charge in [0, 0.05) is 43.6 Å². The summed E-state index contributed by atoms with van der Waals surface area (Å²) in [6.45, 7) is 5.83. The van der Waals surface area contributed by atoms with E-state index in [9.17, 15) is 4.79 Å². The van der Waals surface area contributed by atoms with E-state index in [1.807, 2.05) is 71.8 Å². The van der Waals surface area contributed by atoms with E-state index in [-0.39, 0.29) is 29.6 Å². The average molecular weight is 500 g/mol. The number of aromatic nitrogens is 2. The second kappa shape index (κ2) is 9.65. The molecule has 0 bridgehead atoms. The highest BCUT2D eigenvalue weighted by Gasteiger charge is 2.22. The van der Waals surface area contributed by atoms with E-state index in [4.69, 9.17) is 27.0 Å². The maximum Gasteiger partial charge on any atom is 0.329 e. The number of fused-ring (bicyclic) bond motifs is 2. The minimum atomic E-state index is -0.0606. The van der Waals surface area contributed by atoms with Crippen molar-refractivity contribution in [3.05, 3.63) is 76.2 Å². The number of piperidine rings is 1. The van der Waals surface area contributed by atoms with Crippen LogP contribution in [0.2, 0.25) is 0 Å². The number of amidine groups is 1. The molecule has 1 aromatic heterocycles. The van der Waals surface area contributed by atoms with Gasteiger partial charge >= 0.3 is 5.69 Å². The predicted molar refractivity (Wildman–Crippen MR) is 148 cm³/mol. The van der Waals surface area contributed by atoms with E-state index in [1.54, 1.807) is 4.57 Å². The molecule has 2 heterocycles. The Morgan fingerprint density at radius 1 is 0.973 bits per heavy atom. The van der Waals surface area contributed by atoms with Crippen molar-refractivity contribution in [2.24, 2.45) is 11.5 Å². The van der Waals surface area contributed by atoms with Crippen LogP contribution in [-0.2, 0) is 6.54 Å². The van der Waals surface area contributed by atoms with Crippen LogP contribution in [-0.4, -0.2) is 45.0 Å². The molecular weight excluding hydrogens is 466 g/mol. The summed E-state index contributed by atoms with van der Waals surface area (Å²) in [6.07, 6.45) is 1.62. The number of nitrogens with two attached hydrogens (primary N) is 2. The molecule has 3 aromatic carbocycles. The predicted octanol–water partition coefficient (Wildman–Crippen LogP) is 3.61. The van der Waals surface area contributed by atoms with Gasteiger partial charge in [0.1, 0.15) is 17.7 Å². The van der Waals surface area contributed by atoms with Crippen LogP contribution in [0.15, 0.2) is 59.4 Å². The fourth-order valence-electron chi connectivity index (χ4n) is 5.14. The molecule has 1 saturated heterocycles. The first-order chi connectivity index (χ1) is 17.7. The first-order valence-electron chi connectivity index (χ1n) is 12.6. The summed E-state index contributed by atoms with van der Waals surface area (Å²) in [5.74, 6) is 0.862. The molecule has 1 aliphatic rings. The molecule has 1 fully saturated rings. The Balaban J connectivity index is 1.49. The van der Waals surface area contributed by atoms with Crippen LogP contribution in [0.1, 0.15) is 43.9 Å². The zero-order valence-corrected chi connectivity index (χ0v) is 21.2. The van der Waals surface area contributed by atoms with Gasteiger partial charge < -0.3 is 21.1 Å². The van der Waals surface area contributed by atoms with Crippen molar-refractivity contribution in [1.82, 2.24) is 14.0 Å². The van der Waals surface area contributed by atoms with Crippen molar-refractivity contribution in [3.63, 3.8) is 0 Å². The van der Waals surface area contributed by atoms with Crippen molar-refractivity contribution in [2.45, 2.75) is 45.4 Å². The van der Waals surface area contributed by atoms with Crippen molar-refractivity contribution in [2.75, 3.05) is 13.1 Å². The smallest absolute Gasteiger partial charge is 0.329 e. The van der Waals surface area contributed by atoms with Gasteiger partial charge in [0.2, 0.25) is 0 Å². The number of imidazole rings is 1. The van der Waals surface area contributed by atoms with E-state index in [0.717, 1.165) is 46.0 Å². The largest absolute Gasteiger partial charge is 0.490 e. The fourth-order valence-corrected chi connectivity index (χ4v) is 5.14. The highest BCUT2D eigenvalue weighted by molar-refractivity contribution is 5.99. The molecular formula is C28H33N7O2. The lowest BCUT2D eigenvalue weighted by atomic mass is 10.0. The monoisotopic (exact) mass is 499 g/mol. The number of hydrogen-bond acceptors (Lipinski definition) is 4. The number of nitrogens with zero attached hydrogens (tertiary/aromatic N) is 3. The molecule has 0 unspecified atom stereocenters. The van der Waals surface area contributed by atoms with Gasteiger partial charge in [-0.05, 0) is 54.4 Å². The lowest BCUT2D eigenvalue weighted by Crippen LogP contribution is -2.44. The van der Waals surface area contributed by atoms with Crippen molar-refractivity contribution < 1.29 is 4.74 Å². The number of nitrogens with one attached hydrogen (secondary N) is 2. The van der Waals surface area contributed by atoms with Gasteiger partial charge in [0.05, 0.1) is 17.6 Å². The van der Waals surface area contributed by atoms with Gasteiger partial charge in [-0.3, -0.25) is 20.0 Å². The topological polar surface area (TPSA) is 139 Å². The normalized spacial score (nSPS) is 14.5. The summed E-state index contributed by atoms with van der Waals surface area (Å²) in [7, 11) is 0. The molecule has 0 amide bonds. The Labute approximate surface area is 215 Å². The maximum absolute atomic E-state index is 13.5. The third kappa shape index (κ3) is 4.76. The zero-order chi connectivity index (χ0) is 26.3.